The third-order valence-electron chi connectivity index (χ3n) is 6.15. The maximum Gasteiger partial charge on any atom is 0.462 e. The van der Waals surface area contributed by atoms with E-state index in [1.54, 1.807) is 12.1 Å². The highest BCUT2D eigenvalue weighted by Gasteiger charge is 2.54. The summed E-state index contributed by atoms with van der Waals surface area (Å²) >= 11 is 0. The number of methoxy groups -OCH3 is 1. The minimum absolute atomic E-state index is 0.0834. The number of rotatable bonds is 11. The molecule has 0 bridgehead atoms. The second-order valence-electron chi connectivity index (χ2n) is 9.61. The Morgan fingerprint density at radius 2 is 1.87 bits per heavy atom. The zero-order valence-corrected chi connectivity index (χ0v) is 22.8. The largest absolute Gasteiger partial charge is 0.497 e. The first kappa shape index (κ1) is 30.3. The molecule has 0 spiro atoms. The highest BCUT2D eigenvalue weighted by Crippen LogP contribution is 2.57. The van der Waals surface area contributed by atoms with E-state index in [4.69, 9.17) is 23.3 Å². The van der Waals surface area contributed by atoms with Crippen molar-refractivity contribution in [2.75, 3.05) is 26.9 Å². The van der Waals surface area contributed by atoms with Crippen molar-refractivity contribution in [3.8, 4) is 11.5 Å². The van der Waals surface area contributed by atoms with Gasteiger partial charge in [0.15, 0.2) is 6.29 Å². The lowest BCUT2D eigenvalue weighted by atomic mass is 9.97. The number of esters is 1. The fourth-order valence-corrected chi connectivity index (χ4v) is 6.44. The summed E-state index contributed by atoms with van der Waals surface area (Å²) in [5, 5.41) is 33.5. The molecule has 2 heterocycles. The molecular weight excluding hydrogens is 523 g/mol. The molecule has 13 nitrogen and oxygen atoms in total. The number of aliphatic hydroxyl groups excluding tert-OH is 3. The summed E-state index contributed by atoms with van der Waals surface area (Å²) in [6.07, 6.45) is -5.37. The predicted octanol–water partition coefficient (Wildman–Crippen LogP) is 0.806. The molecule has 0 radical (unpaired) electrons. The van der Waals surface area contributed by atoms with Crippen LogP contribution in [0.15, 0.2) is 24.3 Å². The summed E-state index contributed by atoms with van der Waals surface area (Å²) in [6, 6.07) is 3.81. The van der Waals surface area contributed by atoms with Crippen molar-refractivity contribution >= 4 is 19.6 Å². The van der Waals surface area contributed by atoms with Crippen LogP contribution in [0.1, 0.15) is 33.6 Å². The van der Waals surface area contributed by atoms with Crippen LogP contribution in [0.2, 0.25) is 0 Å². The molecule has 2 fully saturated rings. The monoisotopic (exact) mass is 560 g/mol. The number of carbonyl (C=O) groups excluding carboxylic acids is 2. The summed E-state index contributed by atoms with van der Waals surface area (Å²) in [6.45, 7) is 4.58. The molecule has 0 saturated carbocycles. The van der Waals surface area contributed by atoms with E-state index in [2.05, 4.69) is 5.32 Å². The van der Waals surface area contributed by atoms with E-state index in [-0.39, 0.29) is 24.8 Å². The maximum atomic E-state index is 14.6. The molecule has 2 aliphatic rings. The van der Waals surface area contributed by atoms with E-state index >= 15 is 0 Å². The highest BCUT2D eigenvalue weighted by molar-refractivity contribution is 7.51. The topological polar surface area (TPSA) is 173 Å². The van der Waals surface area contributed by atoms with Gasteiger partial charge in [-0.3, -0.25) is 14.1 Å². The first-order chi connectivity index (χ1) is 18.0. The normalized spacial score (nSPS) is 29.5. The number of amides is 1. The number of benzene rings is 1. The van der Waals surface area contributed by atoms with Gasteiger partial charge in [-0.15, -0.1) is 0 Å². The van der Waals surface area contributed by atoms with Crippen LogP contribution < -0.4 is 14.6 Å². The molecule has 1 aromatic rings. The van der Waals surface area contributed by atoms with Gasteiger partial charge in [0, 0.05) is 13.5 Å². The summed E-state index contributed by atoms with van der Waals surface area (Å²) in [5.41, 5.74) is 0. The lowest BCUT2D eigenvalue weighted by Gasteiger charge is -2.44. The van der Waals surface area contributed by atoms with Crippen LogP contribution in [-0.2, 0) is 28.2 Å². The summed E-state index contributed by atoms with van der Waals surface area (Å²) in [5.74, 6) is -0.461. The molecule has 14 heteroatoms. The molecule has 0 aromatic heterocycles. The van der Waals surface area contributed by atoms with Crippen LogP contribution >= 0.6 is 7.75 Å². The fraction of sp³-hybridized carbons (Fsp3) is 0.667. The Labute approximate surface area is 221 Å². The van der Waals surface area contributed by atoms with Gasteiger partial charge < -0.3 is 39.4 Å². The second kappa shape index (κ2) is 13.2. The number of nitrogens with one attached hydrogen (secondary N) is 1. The first-order valence-electron chi connectivity index (χ1n) is 12.4. The molecule has 2 unspecified atom stereocenters. The van der Waals surface area contributed by atoms with Crippen molar-refractivity contribution in [2.24, 2.45) is 5.92 Å². The van der Waals surface area contributed by atoms with E-state index in [0.29, 0.717) is 18.6 Å². The number of ether oxygens (including phenoxy) is 3. The first-order valence-corrected chi connectivity index (χ1v) is 13.9. The Morgan fingerprint density at radius 1 is 1.21 bits per heavy atom. The van der Waals surface area contributed by atoms with Gasteiger partial charge in [0.1, 0.15) is 41.9 Å². The fourth-order valence-electron chi connectivity index (χ4n) is 4.28. The SMILES string of the molecule is COc1ccc(OP(=O)(O[C@H]2[C@H](O)[C@@H](CO)O[C@H](O)[C@@H]2NC(C)=O)N2CCCC2C(=O)OCC(C)C)cc1. The van der Waals surface area contributed by atoms with E-state index in [1.807, 2.05) is 13.8 Å². The van der Waals surface area contributed by atoms with E-state index in [0.717, 1.165) is 0 Å². The van der Waals surface area contributed by atoms with Crippen LogP contribution in [-0.4, -0.2) is 95.4 Å². The summed E-state index contributed by atoms with van der Waals surface area (Å²) < 4.78 is 43.4. The molecular formula is C24H37N2O11P. The van der Waals surface area contributed by atoms with Gasteiger partial charge in [0.2, 0.25) is 5.91 Å². The van der Waals surface area contributed by atoms with E-state index < -0.39 is 62.9 Å². The molecule has 0 aliphatic carbocycles. The number of aliphatic hydroxyl groups is 3. The lowest BCUT2D eigenvalue weighted by molar-refractivity contribution is -0.250. The molecule has 1 amide bonds. The van der Waals surface area contributed by atoms with E-state index in [1.165, 1.54) is 30.8 Å². The molecule has 7 atom stereocenters. The van der Waals surface area contributed by atoms with Gasteiger partial charge in [-0.2, -0.15) is 4.67 Å². The maximum absolute atomic E-state index is 14.6. The van der Waals surface area contributed by atoms with Gasteiger partial charge >= 0.3 is 13.7 Å². The zero-order valence-electron chi connectivity index (χ0n) is 21.9. The van der Waals surface area contributed by atoms with Gasteiger partial charge in [-0.25, -0.2) is 4.57 Å². The van der Waals surface area contributed by atoms with Crippen molar-refractivity contribution in [1.29, 1.82) is 0 Å². The van der Waals surface area contributed by atoms with Crippen LogP contribution in [0.25, 0.3) is 0 Å². The van der Waals surface area contributed by atoms with Crippen molar-refractivity contribution < 1.29 is 52.7 Å². The van der Waals surface area contributed by atoms with Crippen LogP contribution in [0.4, 0.5) is 0 Å². The Balaban J connectivity index is 1.99. The molecule has 38 heavy (non-hydrogen) atoms. The van der Waals surface area contributed by atoms with Crippen molar-refractivity contribution in [1.82, 2.24) is 9.99 Å². The van der Waals surface area contributed by atoms with Crippen molar-refractivity contribution in [3.05, 3.63) is 24.3 Å². The van der Waals surface area contributed by atoms with Gasteiger partial charge in [-0.1, -0.05) is 13.8 Å². The smallest absolute Gasteiger partial charge is 0.462 e. The summed E-state index contributed by atoms with van der Waals surface area (Å²) in [7, 11) is -3.00. The molecule has 2 saturated heterocycles. The van der Waals surface area contributed by atoms with E-state index in [9.17, 15) is 29.5 Å². The average molecular weight is 561 g/mol. The van der Waals surface area contributed by atoms with Gasteiger partial charge in [-0.05, 0) is 43.0 Å². The van der Waals surface area contributed by atoms with Gasteiger partial charge in [0.05, 0.1) is 20.3 Å². The summed E-state index contributed by atoms with van der Waals surface area (Å²) in [4.78, 5) is 24.8. The third kappa shape index (κ3) is 7.23. The Bertz CT molecular complexity index is 992. The van der Waals surface area contributed by atoms with Crippen LogP contribution in [0, 0.1) is 5.92 Å². The third-order valence-corrected chi connectivity index (χ3v) is 8.21. The molecule has 2 aliphatic heterocycles. The Hall–Kier alpha value is -2.25. The standard InChI is InChI=1S/C24H37N2O11P/c1-14(2)13-34-23(30)18-6-5-11-26(18)38(32,36-17-9-7-16(33-4)8-10-17)37-22-20(25-15(3)28)24(31)35-19(12-27)21(22)29/h7-10,14,18-22,24,27,29,31H,5-6,11-13H2,1-4H3,(H,25,28)/t18?,19-,20-,21-,22-,24+,38?/m1/s1. The number of nitrogens with zero attached hydrogens (tertiary/aromatic N) is 1. The number of hydrogen-bond acceptors (Lipinski definition) is 11. The molecule has 4 N–H and O–H groups in total. The van der Waals surface area contributed by atoms with Crippen LogP contribution in [0.3, 0.4) is 0 Å². The lowest BCUT2D eigenvalue weighted by Crippen LogP contribution is -2.64. The molecule has 214 valence electrons. The Morgan fingerprint density at radius 3 is 2.45 bits per heavy atom. The minimum Gasteiger partial charge on any atom is -0.497 e. The quantitative estimate of drug-likeness (QED) is 0.222. The number of hydrogen-bond donors (Lipinski definition) is 4. The second-order valence-corrected chi connectivity index (χ2v) is 11.5. The zero-order chi connectivity index (χ0) is 28.0. The number of carbonyl (C=O) groups is 2. The highest BCUT2D eigenvalue weighted by atomic mass is 31.2. The minimum atomic E-state index is -4.49. The predicted molar refractivity (Wildman–Crippen MR) is 133 cm³/mol. The average Bonchev–Trinajstić information content (AvgIpc) is 3.38. The van der Waals surface area contributed by atoms with Gasteiger partial charge in [0.25, 0.3) is 0 Å². The van der Waals surface area contributed by atoms with Crippen molar-refractivity contribution in [3.63, 3.8) is 0 Å². The Kier molecular flexibility index (Phi) is 10.5. The van der Waals surface area contributed by atoms with Crippen molar-refractivity contribution in [2.45, 2.75) is 70.3 Å². The molecule has 3 rings (SSSR count). The molecule has 1 aromatic carbocycles. The van der Waals surface area contributed by atoms with Crippen LogP contribution in [0.5, 0.6) is 11.5 Å².